The van der Waals surface area contributed by atoms with Gasteiger partial charge in [0.2, 0.25) is 0 Å². The van der Waals surface area contributed by atoms with Crippen LogP contribution in [0.1, 0.15) is 47.0 Å². The maximum Gasteiger partial charge on any atom is 0.102 e. The summed E-state index contributed by atoms with van der Waals surface area (Å²) in [5.74, 6) is 0. The zero-order valence-corrected chi connectivity index (χ0v) is 10.7. The van der Waals surface area contributed by atoms with Crippen LogP contribution in [0.15, 0.2) is 4.99 Å². The van der Waals surface area contributed by atoms with Gasteiger partial charge in [-0.3, -0.25) is 4.99 Å². The van der Waals surface area contributed by atoms with Crippen LogP contribution in [0.4, 0.5) is 0 Å². The molecule has 0 radical (unpaired) electrons. The van der Waals surface area contributed by atoms with Crippen LogP contribution in [0.5, 0.6) is 0 Å². The molecule has 0 aromatic heterocycles. The summed E-state index contributed by atoms with van der Waals surface area (Å²) in [6, 6.07) is 0. The van der Waals surface area contributed by atoms with Gasteiger partial charge in [-0.25, -0.2) is 0 Å². The average Bonchev–Trinajstić information content (AvgIpc) is 2.05. The van der Waals surface area contributed by atoms with Crippen molar-refractivity contribution >= 4 is 5.71 Å². The van der Waals surface area contributed by atoms with E-state index in [1.54, 1.807) is 0 Å². The van der Waals surface area contributed by atoms with Crippen molar-refractivity contribution in [2.45, 2.75) is 52.6 Å². The predicted octanol–water partition coefficient (Wildman–Crippen LogP) is 2.41. The van der Waals surface area contributed by atoms with E-state index in [0.29, 0.717) is 0 Å². The van der Waals surface area contributed by atoms with E-state index in [4.69, 9.17) is 0 Å². The molecule has 0 saturated heterocycles. The van der Waals surface area contributed by atoms with E-state index in [9.17, 15) is 5.11 Å². The minimum Gasteiger partial charge on any atom is -0.384 e. The summed E-state index contributed by atoms with van der Waals surface area (Å²) in [5, 5.41) is 10.1. The van der Waals surface area contributed by atoms with Crippen molar-refractivity contribution in [2.24, 2.45) is 4.99 Å². The number of hydrogen-bond donors (Lipinski definition) is 1. The maximum absolute atomic E-state index is 10.1. The zero-order valence-electron chi connectivity index (χ0n) is 8.99. The van der Waals surface area contributed by atoms with Crippen LogP contribution in [-0.2, 0) is 0 Å². The van der Waals surface area contributed by atoms with E-state index in [2.05, 4.69) is 11.9 Å². The van der Waals surface area contributed by atoms with E-state index in [-0.39, 0.29) is 46.9 Å². The van der Waals surface area contributed by atoms with Crippen molar-refractivity contribution in [1.29, 1.82) is 0 Å². The smallest absolute Gasteiger partial charge is 0.102 e. The van der Waals surface area contributed by atoms with Crippen molar-refractivity contribution in [1.82, 2.24) is 0 Å². The first-order chi connectivity index (χ1) is 5.60. The van der Waals surface area contributed by atoms with E-state index < -0.39 is 5.60 Å². The van der Waals surface area contributed by atoms with Crippen molar-refractivity contribution in [2.75, 3.05) is 6.54 Å². The number of nitrogens with zero attached hydrogens (tertiary/aromatic N) is 1. The summed E-state index contributed by atoms with van der Waals surface area (Å²) in [7, 11) is 0. The molecule has 86 valence electrons. The Hall–Kier alpha value is 1.15. The van der Waals surface area contributed by atoms with Gasteiger partial charge < -0.3 is 5.11 Å². The fourth-order valence-electron chi connectivity index (χ4n) is 1.41. The Bertz CT molecular complexity index is 159. The normalized spacial score (nSPS) is 16.2. The predicted molar refractivity (Wildman–Crippen MR) is 53.8 cm³/mol. The quantitative estimate of drug-likeness (QED) is 0.764. The van der Waals surface area contributed by atoms with E-state index in [1.165, 1.54) is 0 Å². The number of aliphatic imine (C=N–C) groups is 1. The Labute approximate surface area is 120 Å². The number of hydrogen-bond acceptors (Lipinski definition) is 2. The van der Waals surface area contributed by atoms with Crippen LogP contribution in [0, 0.1) is 46.9 Å². The second-order valence-electron chi connectivity index (χ2n) is 3.19. The second kappa shape index (κ2) is 8.46. The monoisotopic (exact) mass is 345 g/mol. The summed E-state index contributed by atoms with van der Waals surface area (Å²) in [4.78, 5) is 4.25. The molecule has 3 heteroatoms. The van der Waals surface area contributed by atoms with Crippen LogP contribution in [0.25, 0.3) is 0 Å². The minimum atomic E-state index is -0.648. The van der Waals surface area contributed by atoms with Gasteiger partial charge >= 0.3 is 0 Å². The van der Waals surface area contributed by atoms with Crippen molar-refractivity contribution < 1.29 is 52.0 Å². The molecule has 0 fully saturated rings. The van der Waals surface area contributed by atoms with Gasteiger partial charge in [-0.05, 0) is 26.7 Å². The largest absolute Gasteiger partial charge is 0.384 e. The molecule has 0 bridgehead atoms. The molecule has 0 saturated carbocycles. The van der Waals surface area contributed by atoms with Crippen molar-refractivity contribution in [3.05, 3.63) is 0 Å². The molecule has 0 spiro atoms. The summed E-state index contributed by atoms with van der Waals surface area (Å²) in [6.45, 7) is 8.76. The minimum absolute atomic E-state index is 0. The zero-order chi connectivity index (χ0) is 9.61. The first-order valence-corrected chi connectivity index (χ1v) is 4.84. The Morgan fingerprint density at radius 1 is 1.31 bits per heavy atom. The van der Waals surface area contributed by atoms with E-state index >= 15 is 0 Å². The van der Waals surface area contributed by atoms with Crippen LogP contribution >= 0.6 is 0 Å². The van der Waals surface area contributed by atoms with Crippen LogP contribution in [0.2, 0.25) is 0 Å². The van der Waals surface area contributed by atoms with Gasteiger partial charge in [0.05, 0.1) is 0 Å². The molecule has 0 rings (SSSR count). The molecule has 0 aliphatic rings. The van der Waals surface area contributed by atoms with Gasteiger partial charge in [0.1, 0.15) is 5.60 Å². The Kier molecular flexibility index (Phi) is 10.8. The molecule has 2 nitrogen and oxygen atoms in total. The third-order valence-electron chi connectivity index (χ3n) is 2.32. The molecule has 0 heterocycles. The van der Waals surface area contributed by atoms with Crippen LogP contribution in [0.3, 0.4) is 0 Å². The molecule has 1 N–H and O–H groups in total. The van der Waals surface area contributed by atoms with E-state index in [1.807, 2.05) is 20.8 Å². The van der Waals surface area contributed by atoms with Crippen LogP contribution < -0.4 is 0 Å². The fraction of sp³-hybridized carbons (Fsp3) is 0.900. The Morgan fingerprint density at radius 2 is 1.85 bits per heavy atom. The standard InChI is InChI=1S/C10H21NO.Yb/c1-5-8-10(12,6-2)9(4)11-7-3;/h12H,5-8H2,1-4H3;. The first kappa shape index (κ1) is 16.6. The second-order valence-corrected chi connectivity index (χ2v) is 3.19. The maximum atomic E-state index is 10.1. The molecule has 13 heavy (non-hydrogen) atoms. The number of aliphatic hydroxyl groups is 1. The molecule has 0 aliphatic heterocycles. The molecule has 1 atom stereocenters. The molecule has 0 aromatic rings. The average molecular weight is 344 g/mol. The molecule has 1 unspecified atom stereocenters. The van der Waals surface area contributed by atoms with Crippen molar-refractivity contribution in [3.8, 4) is 0 Å². The third kappa shape index (κ3) is 5.56. The molecular weight excluding hydrogens is 323 g/mol. The van der Waals surface area contributed by atoms with Crippen LogP contribution in [-0.4, -0.2) is 23.0 Å². The summed E-state index contributed by atoms with van der Waals surface area (Å²) in [5.41, 5.74) is 0.236. The molecule has 0 aliphatic carbocycles. The van der Waals surface area contributed by atoms with Gasteiger partial charge in [-0.2, -0.15) is 0 Å². The van der Waals surface area contributed by atoms with Gasteiger partial charge in [0.15, 0.2) is 0 Å². The van der Waals surface area contributed by atoms with Crippen molar-refractivity contribution in [3.63, 3.8) is 0 Å². The first-order valence-electron chi connectivity index (χ1n) is 4.84. The summed E-state index contributed by atoms with van der Waals surface area (Å²) in [6.07, 6.45) is 2.58. The van der Waals surface area contributed by atoms with Gasteiger partial charge in [-0.15, -0.1) is 0 Å². The Morgan fingerprint density at radius 3 is 2.15 bits per heavy atom. The fourth-order valence-corrected chi connectivity index (χ4v) is 1.41. The number of rotatable bonds is 5. The van der Waals surface area contributed by atoms with E-state index in [0.717, 1.165) is 31.5 Å². The molecule has 0 amide bonds. The molecule has 0 aromatic carbocycles. The molecular formula is C10H21NOYb. The summed E-state index contributed by atoms with van der Waals surface area (Å²) < 4.78 is 0. The van der Waals surface area contributed by atoms with Gasteiger partial charge in [-0.1, -0.05) is 20.3 Å². The van der Waals surface area contributed by atoms with Gasteiger partial charge in [0, 0.05) is 59.2 Å². The SMILES string of the molecule is CCCC(O)(CC)C(C)=NCC.[Yb]. The summed E-state index contributed by atoms with van der Waals surface area (Å²) >= 11 is 0. The third-order valence-corrected chi connectivity index (χ3v) is 2.32. The van der Waals surface area contributed by atoms with Gasteiger partial charge in [0.25, 0.3) is 0 Å². The topological polar surface area (TPSA) is 32.6 Å². The Balaban J connectivity index is 0.